The van der Waals surface area contributed by atoms with Gasteiger partial charge in [-0.15, -0.1) is 0 Å². The molecule has 17 atom stereocenters. The van der Waals surface area contributed by atoms with Crippen LogP contribution in [0.3, 0.4) is 0 Å². The van der Waals surface area contributed by atoms with Crippen LogP contribution in [0, 0.1) is 28.6 Å². The Morgan fingerprint density at radius 2 is 1.69 bits per heavy atom. The molecule has 276 valence electrons. The van der Waals surface area contributed by atoms with E-state index in [0.717, 1.165) is 18.3 Å². The summed E-state index contributed by atoms with van der Waals surface area (Å²) >= 11 is 0. The first-order valence-electron chi connectivity index (χ1n) is 17.9. The summed E-state index contributed by atoms with van der Waals surface area (Å²) in [5.41, 5.74) is -2.94. The predicted octanol–water partition coefficient (Wildman–Crippen LogP) is -0.397. The molecular formula is C35H52O14. The van der Waals surface area contributed by atoms with Crippen LogP contribution < -0.4 is 0 Å². The van der Waals surface area contributed by atoms with E-state index in [2.05, 4.69) is 6.92 Å². The SMILES string of the molecule is C[C@@H]1O[C@H](O[C@H]2CC[C@]3(C=O)[C@@H]4CC[C@]5(C)[C@@H](C6=CC(=O)OC6)CC[C@]5(O)[C@@H]4CC[C@]3(O)C2)C[C@H](O)[C@H]1O[C@@H]1O[C@@H](CO)[C@H](O)[C@@H](O)[C@@H]1O. The van der Waals surface area contributed by atoms with Crippen molar-refractivity contribution in [1.82, 2.24) is 0 Å². The number of esters is 1. The summed E-state index contributed by atoms with van der Waals surface area (Å²) in [7, 11) is 0. The Hall–Kier alpha value is -1.56. The topological polar surface area (TPSA) is 222 Å². The Kier molecular flexibility index (Phi) is 9.38. The summed E-state index contributed by atoms with van der Waals surface area (Å²) in [4.78, 5) is 25.0. The molecule has 0 radical (unpaired) electrons. The van der Waals surface area contributed by atoms with Crippen LogP contribution in [0.5, 0.6) is 0 Å². The zero-order valence-electron chi connectivity index (χ0n) is 28.1. The molecule has 0 aromatic rings. The minimum absolute atomic E-state index is 0.00470. The fourth-order valence-electron chi connectivity index (χ4n) is 11.3. The highest BCUT2D eigenvalue weighted by molar-refractivity contribution is 5.85. The molecule has 7 aliphatic rings. The fourth-order valence-corrected chi connectivity index (χ4v) is 11.3. The second-order valence-electron chi connectivity index (χ2n) is 16.1. The molecule has 2 saturated heterocycles. The summed E-state index contributed by atoms with van der Waals surface area (Å²) in [5.74, 6) is -0.688. The van der Waals surface area contributed by atoms with Crippen LogP contribution >= 0.6 is 0 Å². The Bertz CT molecular complexity index is 1300. The zero-order chi connectivity index (χ0) is 35.1. The van der Waals surface area contributed by atoms with Crippen molar-refractivity contribution in [2.75, 3.05) is 13.2 Å². The lowest BCUT2D eigenvalue weighted by molar-refractivity contribution is -0.345. The van der Waals surface area contributed by atoms with Crippen LogP contribution in [0.25, 0.3) is 0 Å². The van der Waals surface area contributed by atoms with E-state index in [4.69, 9.17) is 23.7 Å². The van der Waals surface area contributed by atoms with Gasteiger partial charge in [-0.3, -0.25) is 0 Å². The first-order chi connectivity index (χ1) is 23.2. The van der Waals surface area contributed by atoms with Crippen LogP contribution in [0.1, 0.15) is 78.1 Å². The molecule has 49 heavy (non-hydrogen) atoms. The summed E-state index contributed by atoms with van der Waals surface area (Å²) in [6, 6.07) is 0. The maximum Gasteiger partial charge on any atom is 0.331 e. The summed E-state index contributed by atoms with van der Waals surface area (Å²) in [6.45, 7) is 3.42. The van der Waals surface area contributed by atoms with Crippen LogP contribution in [0.15, 0.2) is 11.6 Å². The van der Waals surface area contributed by atoms with E-state index in [1.165, 1.54) is 0 Å². The molecule has 0 unspecified atom stereocenters. The van der Waals surface area contributed by atoms with Crippen molar-refractivity contribution in [2.24, 2.45) is 28.6 Å². The number of hydrogen-bond acceptors (Lipinski definition) is 14. The Morgan fingerprint density at radius 1 is 0.939 bits per heavy atom. The van der Waals surface area contributed by atoms with Gasteiger partial charge >= 0.3 is 5.97 Å². The minimum atomic E-state index is -1.62. The van der Waals surface area contributed by atoms with Gasteiger partial charge in [0.1, 0.15) is 43.4 Å². The molecular weight excluding hydrogens is 644 g/mol. The van der Waals surface area contributed by atoms with Gasteiger partial charge in [0.25, 0.3) is 0 Å². The smallest absolute Gasteiger partial charge is 0.331 e. The number of ether oxygens (including phenoxy) is 5. The van der Waals surface area contributed by atoms with Gasteiger partial charge in [0.05, 0.1) is 41.5 Å². The van der Waals surface area contributed by atoms with Gasteiger partial charge < -0.3 is 64.2 Å². The average molecular weight is 697 g/mol. The molecule has 3 heterocycles. The maximum atomic E-state index is 13.2. The van der Waals surface area contributed by atoms with E-state index in [9.17, 15) is 45.3 Å². The van der Waals surface area contributed by atoms with E-state index in [1.54, 1.807) is 13.0 Å². The van der Waals surface area contributed by atoms with E-state index >= 15 is 0 Å². The third kappa shape index (κ3) is 5.47. The Balaban J connectivity index is 1.00. The lowest BCUT2D eigenvalue weighted by Gasteiger charge is -2.65. The summed E-state index contributed by atoms with van der Waals surface area (Å²) in [5, 5.41) is 75.9. The minimum Gasteiger partial charge on any atom is -0.458 e. The van der Waals surface area contributed by atoms with Crippen molar-refractivity contribution in [3.8, 4) is 0 Å². The van der Waals surface area contributed by atoms with E-state index in [1.807, 2.05) is 0 Å². The van der Waals surface area contributed by atoms with Gasteiger partial charge in [0.2, 0.25) is 0 Å². The van der Waals surface area contributed by atoms with Crippen molar-refractivity contribution in [1.29, 1.82) is 0 Å². The lowest BCUT2D eigenvalue weighted by Crippen LogP contribution is -2.69. The van der Waals surface area contributed by atoms with Gasteiger partial charge in [-0.2, -0.15) is 0 Å². The first-order valence-corrected chi connectivity index (χ1v) is 17.9. The van der Waals surface area contributed by atoms with Crippen LogP contribution in [-0.4, -0.2) is 134 Å². The molecule has 4 aliphatic carbocycles. The molecule has 0 bridgehead atoms. The molecule has 4 saturated carbocycles. The van der Waals surface area contributed by atoms with Gasteiger partial charge in [-0.1, -0.05) is 6.92 Å². The number of aliphatic hydroxyl groups is 7. The average Bonchev–Trinajstić information content (AvgIpc) is 3.61. The molecule has 0 amide bonds. The quantitative estimate of drug-likeness (QED) is 0.102. The molecule has 0 spiro atoms. The number of carbonyl (C=O) groups excluding carboxylic acids is 2. The highest BCUT2D eigenvalue weighted by Crippen LogP contribution is 2.70. The molecule has 3 aliphatic heterocycles. The zero-order valence-corrected chi connectivity index (χ0v) is 28.1. The van der Waals surface area contributed by atoms with Crippen molar-refractivity contribution in [2.45, 2.75) is 151 Å². The fraction of sp³-hybridized carbons (Fsp3) is 0.886. The second-order valence-corrected chi connectivity index (χ2v) is 16.1. The van der Waals surface area contributed by atoms with Gasteiger partial charge in [0.15, 0.2) is 12.6 Å². The first kappa shape index (κ1) is 35.8. The lowest BCUT2D eigenvalue weighted by atomic mass is 9.41. The van der Waals surface area contributed by atoms with E-state index in [-0.39, 0.29) is 43.2 Å². The third-order valence-corrected chi connectivity index (χ3v) is 14.0. The predicted molar refractivity (Wildman–Crippen MR) is 166 cm³/mol. The van der Waals surface area contributed by atoms with Crippen molar-refractivity contribution < 1.29 is 69.0 Å². The third-order valence-electron chi connectivity index (χ3n) is 14.0. The number of carbonyl (C=O) groups is 2. The van der Waals surface area contributed by atoms with Crippen LogP contribution in [0.4, 0.5) is 0 Å². The van der Waals surface area contributed by atoms with Crippen LogP contribution in [0.2, 0.25) is 0 Å². The Labute approximate surface area is 285 Å². The van der Waals surface area contributed by atoms with E-state index in [0.29, 0.717) is 44.9 Å². The van der Waals surface area contributed by atoms with Crippen molar-refractivity contribution in [3.05, 3.63) is 11.6 Å². The molecule has 7 N–H and O–H groups in total. The van der Waals surface area contributed by atoms with Gasteiger partial charge in [0, 0.05) is 24.3 Å². The highest BCUT2D eigenvalue weighted by Gasteiger charge is 2.71. The number of aliphatic hydroxyl groups excluding tert-OH is 5. The molecule has 7 rings (SSSR count). The highest BCUT2D eigenvalue weighted by atomic mass is 16.7. The molecule has 6 fully saturated rings. The number of fused-ring (bicyclic) bond motifs is 5. The summed E-state index contributed by atoms with van der Waals surface area (Å²) < 4.78 is 28.9. The Morgan fingerprint density at radius 3 is 2.37 bits per heavy atom. The molecule has 14 nitrogen and oxygen atoms in total. The molecule has 14 heteroatoms. The monoisotopic (exact) mass is 696 g/mol. The van der Waals surface area contributed by atoms with Crippen LogP contribution in [-0.2, 0) is 33.3 Å². The van der Waals surface area contributed by atoms with Crippen molar-refractivity contribution in [3.63, 3.8) is 0 Å². The number of hydrogen-bond donors (Lipinski definition) is 7. The largest absolute Gasteiger partial charge is 0.458 e. The number of rotatable bonds is 7. The van der Waals surface area contributed by atoms with Crippen molar-refractivity contribution >= 4 is 12.3 Å². The molecule has 0 aromatic carbocycles. The van der Waals surface area contributed by atoms with Gasteiger partial charge in [-0.05, 0) is 81.6 Å². The second kappa shape index (κ2) is 12.8. The summed E-state index contributed by atoms with van der Waals surface area (Å²) in [6.07, 6.45) is -4.38. The normalized spacial score (nSPS) is 54.3. The maximum absolute atomic E-state index is 13.2. The van der Waals surface area contributed by atoms with Gasteiger partial charge in [-0.25, -0.2) is 4.79 Å². The molecule has 0 aromatic heterocycles. The number of cyclic esters (lactones) is 1. The van der Waals surface area contributed by atoms with E-state index < -0.39 is 90.1 Å². The standard InChI is InChI=1S/C35H52O14/c1-17-30(49-31-29(42)28(41)27(40)24(14-36)48-31)23(38)12-26(46-17)47-19-3-8-33(16-37)21-4-7-32(2)20(18-11-25(39)45-15-18)6-10-35(32,44)22(21)5-9-34(33,43)13-19/h11,16-17,19-24,26-31,36,38,40-44H,3-10,12-15H2,1-2H3/t17-,19-,20+,21+,22+,23-,24-,26+,27-,28+,29-,30-,31-,32+,33-,34-,35-/m0/s1. The number of aldehydes is 1.